The van der Waals surface area contributed by atoms with Gasteiger partial charge in [-0.3, -0.25) is 9.79 Å². The number of phenols is 1. The predicted octanol–water partition coefficient (Wildman–Crippen LogP) is 1.90. The number of benzene rings is 1. The van der Waals surface area contributed by atoms with Crippen molar-refractivity contribution in [3.8, 4) is 11.5 Å². The lowest BCUT2D eigenvalue weighted by molar-refractivity contribution is -0.139. The number of carbonyl (C=O) groups excluding carboxylic acids is 2. The predicted molar refractivity (Wildman–Crippen MR) is 125 cm³/mol. The fourth-order valence-electron chi connectivity index (χ4n) is 3.09. The number of ether oxygens (including phenoxy) is 2. The minimum atomic E-state index is -1.39. The normalized spacial score (nSPS) is 14.4. The van der Waals surface area contributed by atoms with Crippen molar-refractivity contribution >= 4 is 23.8 Å². The second-order valence-electron chi connectivity index (χ2n) is 8.33. The highest BCUT2D eigenvalue weighted by Gasteiger charge is 2.22. The fraction of sp³-hybridized carbons (Fsp3) is 0.565. The number of amides is 2. The van der Waals surface area contributed by atoms with Crippen molar-refractivity contribution in [1.82, 2.24) is 16.0 Å². The number of alkyl carbamates (subject to hydrolysis) is 1. The van der Waals surface area contributed by atoms with Crippen molar-refractivity contribution in [1.29, 1.82) is 0 Å². The van der Waals surface area contributed by atoms with Gasteiger partial charge in [-0.1, -0.05) is 20.3 Å². The Balaban J connectivity index is 1.80. The number of aliphatic carboxylic acids is 1. The molecule has 0 spiro atoms. The number of nitrogens with one attached hydrogen (secondary N) is 3. The Morgan fingerprint density at radius 1 is 1.18 bits per heavy atom. The van der Waals surface area contributed by atoms with E-state index in [1.807, 2.05) is 13.8 Å². The molecule has 2 amide bonds. The molecule has 11 nitrogen and oxygen atoms in total. The van der Waals surface area contributed by atoms with E-state index in [0.717, 1.165) is 31.6 Å². The van der Waals surface area contributed by atoms with Crippen molar-refractivity contribution < 1.29 is 34.1 Å². The summed E-state index contributed by atoms with van der Waals surface area (Å²) in [5.41, 5.74) is -0.0511. The summed E-state index contributed by atoms with van der Waals surface area (Å²) < 4.78 is 10.5. The van der Waals surface area contributed by atoms with Gasteiger partial charge in [-0.25, -0.2) is 9.59 Å². The first-order valence-corrected chi connectivity index (χ1v) is 11.4. The molecule has 0 fully saturated rings. The van der Waals surface area contributed by atoms with Gasteiger partial charge in [0.1, 0.15) is 24.1 Å². The number of carboxylic acid groups (broad SMARTS) is 1. The molecule has 1 atom stereocenters. The van der Waals surface area contributed by atoms with Gasteiger partial charge in [-0.2, -0.15) is 0 Å². The number of carboxylic acids is 1. The molecule has 0 radical (unpaired) electrons. The Labute approximate surface area is 198 Å². The highest BCUT2D eigenvalue weighted by molar-refractivity contribution is 5.97. The summed E-state index contributed by atoms with van der Waals surface area (Å²) in [5.74, 6) is -0.878. The molecule has 1 heterocycles. The minimum absolute atomic E-state index is 0.0511. The van der Waals surface area contributed by atoms with E-state index in [4.69, 9.17) is 9.47 Å². The maximum absolute atomic E-state index is 12.4. The third-order valence-corrected chi connectivity index (χ3v) is 4.89. The molecule has 11 heteroatoms. The molecule has 0 saturated heterocycles. The molecule has 0 saturated carbocycles. The monoisotopic (exact) mass is 478 g/mol. The van der Waals surface area contributed by atoms with Crippen LogP contribution in [0.1, 0.15) is 49.9 Å². The van der Waals surface area contributed by atoms with Crippen LogP contribution in [0.2, 0.25) is 0 Å². The van der Waals surface area contributed by atoms with Gasteiger partial charge < -0.3 is 35.6 Å². The Hall–Kier alpha value is -3.50. The van der Waals surface area contributed by atoms with Gasteiger partial charge in [0.2, 0.25) is 0 Å². The Morgan fingerprint density at radius 3 is 2.68 bits per heavy atom. The van der Waals surface area contributed by atoms with Crippen LogP contribution in [0.15, 0.2) is 23.2 Å². The van der Waals surface area contributed by atoms with E-state index in [9.17, 15) is 24.6 Å². The lowest BCUT2D eigenvalue weighted by Gasteiger charge is -2.16. The van der Waals surface area contributed by atoms with E-state index in [1.54, 1.807) is 0 Å². The number of rotatable bonds is 11. The number of hydrogen-bond donors (Lipinski definition) is 5. The van der Waals surface area contributed by atoms with Crippen LogP contribution >= 0.6 is 0 Å². The quantitative estimate of drug-likeness (QED) is 0.302. The lowest BCUT2D eigenvalue weighted by atomic mass is 10.1. The van der Waals surface area contributed by atoms with E-state index >= 15 is 0 Å². The van der Waals surface area contributed by atoms with E-state index in [-0.39, 0.29) is 23.8 Å². The van der Waals surface area contributed by atoms with Crippen LogP contribution in [0.5, 0.6) is 11.5 Å². The summed E-state index contributed by atoms with van der Waals surface area (Å²) in [5, 5.41) is 27.3. The molecule has 1 aliphatic heterocycles. The van der Waals surface area contributed by atoms with Crippen LogP contribution in [0, 0.1) is 5.92 Å². The molecular formula is C23H34N4O7. The van der Waals surface area contributed by atoms with Crippen LogP contribution in [0.3, 0.4) is 0 Å². The van der Waals surface area contributed by atoms with Gasteiger partial charge in [-0.15, -0.1) is 0 Å². The summed E-state index contributed by atoms with van der Waals surface area (Å²) in [6.07, 6.45) is 3.46. The number of hydrogen-bond acceptors (Lipinski definition) is 8. The van der Waals surface area contributed by atoms with E-state index in [1.165, 1.54) is 24.6 Å². The lowest BCUT2D eigenvalue weighted by Crippen LogP contribution is -2.48. The Kier molecular flexibility index (Phi) is 10.9. The SMILES string of the molecule is CC(C)COC(=O)N[C@@H](CNC(=O)c1ccc(OCCNC2=NCCCCC2)cc1O)C(=O)O. The number of nitrogens with zero attached hydrogens (tertiary/aromatic N) is 1. The van der Waals surface area contributed by atoms with Crippen LogP contribution in [-0.4, -0.2) is 72.9 Å². The second kappa shape index (κ2) is 13.9. The third kappa shape index (κ3) is 9.55. The largest absolute Gasteiger partial charge is 0.507 e. The van der Waals surface area contributed by atoms with Crippen LogP contribution in [0.4, 0.5) is 4.79 Å². The number of phenolic OH excluding ortho intramolecular Hbond substituents is 1. The summed E-state index contributed by atoms with van der Waals surface area (Å²) in [6, 6.07) is 2.84. The maximum Gasteiger partial charge on any atom is 0.407 e. The zero-order chi connectivity index (χ0) is 24.9. The Bertz CT molecular complexity index is 873. The molecule has 188 valence electrons. The fourth-order valence-corrected chi connectivity index (χ4v) is 3.09. The summed E-state index contributed by atoms with van der Waals surface area (Å²) in [4.78, 5) is 40.0. The van der Waals surface area contributed by atoms with Gasteiger partial charge in [0, 0.05) is 25.6 Å². The molecule has 1 aromatic carbocycles. The molecule has 2 rings (SSSR count). The highest BCUT2D eigenvalue weighted by atomic mass is 16.5. The first-order chi connectivity index (χ1) is 16.3. The van der Waals surface area contributed by atoms with Gasteiger partial charge >= 0.3 is 12.1 Å². The molecule has 5 N–H and O–H groups in total. The molecule has 1 aliphatic rings. The van der Waals surface area contributed by atoms with Crippen molar-refractivity contribution in [3.05, 3.63) is 23.8 Å². The van der Waals surface area contributed by atoms with E-state index in [2.05, 4.69) is 20.9 Å². The average molecular weight is 479 g/mol. The number of amidine groups is 1. The summed E-state index contributed by atoms with van der Waals surface area (Å²) >= 11 is 0. The molecule has 1 aromatic rings. The number of carbonyl (C=O) groups is 3. The molecule has 0 aromatic heterocycles. The minimum Gasteiger partial charge on any atom is -0.507 e. The van der Waals surface area contributed by atoms with Gasteiger partial charge in [0.25, 0.3) is 5.91 Å². The molecule has 34 heavy (non-hydrogen) atoms. The highest BCUT2D eigenvalue weighted by Crippen LogP contribution is 2.23. The van der Waals surface area contributed by atoms with Crippen LogP contribution in [0.25, 0.3) is 0 Å². The van der Waals surface area contributed by atoms with Gasteiger partial charge in [0.15, 0.2) is 0 Å². The number of aromatic hydroxyl groups is 1. The average Bonchev–Trinajstić information content (AvgIpc) is 3.06. The van der Waals surface area contributed by atoms with E-state index < -0.39 is 30.6 Å². The smallest absolute Gasteiger partial charge is 0.407 e. The zero-order valence-corrected chi connectivity index (χ0v) is 19.6. The van der Waals surface area contributed by atoms with Crippen LogP contribution in [-0.2, 0) is 9.53 Å². The Morgan fingerprint density at radius 2 is 1.97 bits per heavy atom. The summed E-state index contributed by atoms with van der Waals surface area (Å²) in [7, 11) is 0. The molecule has 0 unspecified atom stereocenters. The van der Waals surface area contributed by atoms with Crippen LogP contribution < -0.4 is 20.7 Å². The third-order valence-electron chi connectivity index (χ3n) is 4.89. The van der Waals surface area contributed by atoms with E-state index in [0.29, 0.717) is 18.9 Å². The number of aliphatic imine (C=N–C) groups is 1. The maximum atomic E-state index is 12.4. The second-order valence-corrected chi connectivity index (χ2v) is 8.33. The van der Waals surface area contributed by atoms with Gasteiger partial charge in [0.05, 0.1) is 24.6 Å². The first kappa shape index (κ1) is 26.7. The van der Waals surface area contributed by atoms with Crippen molar-refractivity contribution in [2.75, 3.05) is 32.8 Å². The molecular weight excluding hydrogens is 444 g/mol. The zero-order valence-electron chi connectivity index (χ0n) is 19.6. The van der Waals surface area contributed by atoms with Crippen molar-refractivity contribution in [2.24, 2.45) is 10.9 Å². The standard InChI is InChI=1S/C23H34N4O7/c1-15(2)14-34-23(32)27-18(22(30)31)13-26-21(29)17-8-7-16(12-19(17)28)33-11-10-25-20-6-4-3-5-9-24-20/h7-8,12,15,18,28H,3-6,9-11,13-14H2,1-2H3,(H,24,25)(H,26,29)(H,27,32)(H,30,31)/t18-/m0/s1. The first-order valence-electron chi connectivity index (χ1n) is 11.4. The summed E-state index contributed by atoms with van der Waals surface area (Å²) in [6.45, 7) is 5.18. The molecule has 0 bridgehead atoms. The van der Waals surface area contributed by atoms with Gasteiger partial charge in [-0.05, 0) is 30.9 Å². The molecule has 0 aliphatic carbocycles. The van der Waals surface area contributed by atoms with Crippen molar-refractivity contribution in [2.45, 2.75) is 45.6 Å². The van der Waals surface area contributed by atoms with Crippen molar-refractivity contribution in [3.63, 3.8) is 0 Å². The topological polar surface area (TPSA) is 159 Å².